The Morgan fingerprint density at radius 1 is 1.13 bits per heavy atom. The molecule has 9 heteroatoms. The van der Waals surface area contributed by atoms with Gasteiger partial charge < -0.3 is 15.0 Å². The van der Waals surface area contributed by atoms with E-state index in [4.69, 9.17) is 0 Å². The van der Waals surface area contributed by atoms with Gasteiger partial charge in [-0.05, 0) is 42.2 Å². The minimum atomic E-state index is -2.96. The number of carbonyl (C=O) groups is 3. The van der Waals surface area contributed by atoms with Crippen molar-refractivity contribution in [2.45, 2.75) is 32.0 Å². The van der Waals surface area contributed by atoms with E-state index in [1.165, 1.54) is 36.8 Å². The maximum Gasteiger partial charge on any atom is 0.387 e. The molecule has 2 aromatic rings. The first-order valence-corrected chi connectivity index (χ1v) is 9.82. The van der Waals surface area contributed by atoms with Crippen molar-refractivity contribution in [3.05, 3.63) is 65.2 Å². The molecular weight excluding hydrogens is 408 g/mol. The Labute approximate surface area is 177 Å². The number of nitrogens with zero attached hydrogens (tertiary/aromatic N) is 2. The predicted molar refractivity (Wildman–Crippen MR) is 106 cm³/mol. The summed E-state index contributed by atoms with van der Waals surface area (Å²) in [5.41, 5.74) is 1.23. The highest BCUT2D eigenvalue weighted by molar-refractivity contribution is 6.09. The molecule has 2 aromatic carbocycles. The maximum absolute atomic E-state index is 13.0. The molecule has 1 fully saturated rings. The van der Waals surface area contributed by atoms with Gasteiger partial charge in [-0.3, -0.25) is 14.5 Å². The van der Waals surface area contributed by atoms with E-state index in [1.54, 1.807) is 4.90 Å². The van der Waals surface area contributed by atoms with E-state index in [1.807, 2.05) is 24.3 Å². The number of rotatable bonds is 5. The van der Waals surface area contributed by atoms with Gasteiger partial charge in [0.1, 0.15) is 17.8 Å². The van der Waals surface area contributed by atoms with Gasteiger partial charge >= 0.3 is 12.6 Å². The zero-order valence-electron chi connectivity index (χ0n) is 16.8. The summed E-state index contributed by atoms with van der Waals surface area (Å²) >= 11 is 0. The molecular formula is C22H21F2N3O4. The quantitative estimate of drug-likeness (QED) is 0.742. The molecule has 0 saturated carbocycles. The van der Waals surface area contributed by atoms with Crippen LogP contribution >= 0.6 is 0 Å². The Hall–Kier alpha value is -3.49. The van der Waals surface area contributed by atoms with Crippen molar-refractivity contribution < 1.29 is 27.9 Å². The van der Waals surface area contributed by atoms with Gasteiger partial charge in [-0.2, -0.15) is 8.78 Å². The zero-order valence-corrected chi connectivity index (χ0v) is 16.8. The van der Waals surface area contributed by atoms with Crippen LogP contribution in [0.3, 0.4) is 0 Å². The molecule has 7 nitrogen and oxygen atoms in total. The lowest BCUT2D eigenvalue weighted by molar-refractivity contribution is -0.139. The van der Waals surface area contributed by atoms with Gasteiger partial charge in [-0.1, -0.05) is 36.4 Å². The van der Waals surface area contributed by atoms with E-state index in [9.17, 15) is 23.2 Å². The predicted octanol–water partition coefficient (Wildman–Crippen LogP) is 2.64. The van der Waals surface area contributed by atoms with Gasteiger partial charge in [0, 0.05) is 13.1 Å². The summed E-state index contributed by atoms with van der Waals surface area (Å²) in [6.07, 6.45) is 0.715. The largest absolute Gasteiger partial charge is 0.435 e. The minimum Gasteiger partial charge on any atom is -0.435 e. The Kier molecular flexibility index (Phi) is 5.34. The van der Waals surface area contributed by atoms with Crippen molar-refractivity contribution in [3.63, 3.8) is 0 Å². The number of benzene rings is 2. The van der Waals surface area contributed by atoms with Crippen LogP contribution in [0.25, 0.3) is 0 Å². The molecule has 0 aromatic heterocycles. The first kappa shape index (κ1) is 20.8. The first-order valence-electron chi connectivity index (χ1n) is 9.82. The van der Waals surface area contributed by atoms with Gasteiger partial charge in [-0.15, -0.1) is 0 Å². The summed E-state index contributed by atoms with van der Waals surface area (Å²) in [5.74, 6) is -0.953. The van der Waals surface area contributed by atoms with Gasteiger partial charge in [-0.25, -0.2) is 4.79 Å². The van der Waals surface area contributed by atoms with Crippen LogP contribution in [0.5, 0.6) is 5.75 Å². The number of hydrogen-bond donors (Lipinski definition) is 1. The monoisotopic (exact) mass is 429 g/mol. The molecule has 4 rings (SSSR count). The van der Waals surface area contributed by atoms with Crippen molar-refractivity contribution in [1.29, 1.82) is 0 Å². The highest BCUT2D eigenvalue weighted by Gasteiger charge is 2.49. The molecule has 162 valence electrons. The summed E-state index contributed by atoms with van der Waals surface area (Å²) < 4.78 is 29.0. The van der Waals surface area contributed by atoms with Crippen LogP contribution in [0.1, 0.15) is 23.6 Å². The fourth-order valence-corrected chi connectivity index (χ4v) is 3.95. The van der Waals surface area contributed by atoms with Crippen LogP contribution in [0.15, 0.2) is 48.5 Å². The highest BCUT2D eigenvalue weighted by atomic mass is 19.3. The lowest BCUT2D eigenvalue weighted by Crippen LogP contribution is -2.45. The van der Waals surface area contributed by atoms with Crippen LogP contribution in [-0.4, -0.2) is 47.3 Å². The van der Waals surface area contributed by atoms with Crippen LogP contribution in [0.2, 0.25) is 0 Å². The van der Waals surface area contributed by atoms with E-state index >= 15 is 0 Å². The summed E-state index contributed by atoms with van der Waals surface area (Å²) in [4.78, 5) is 40.9. The van der Waals surface area contributed by atoms with Crippen molar-refractivity contribution >= 4 is 17.8 Å². The Bertz CT molecular complexity index is 1030. The van der Waals surface area contributed by atoms with Crippen LogP contribution in [-0.2, 0) is 28.1 Å². The fraction of sp³-hybridized carbons (Fsp3) is 0.318. The van der Waals surface area contributed by atoms with Gasteiger partial charge in [0.25, 0.3) is 5.91 Å². The summed E-state index contributed by atoms with van der Waals surface area (Å²) in [6.45, 7) is -0.867. The number of imide groups is 1. The normalized spacial score (nSPS) is 20.6. The minimum absolute atomic E-state index is 0.0588. The van der Waals surface area contributed by atoms with E-state index in [-0.39, 0.29) is 18.2 Å². The smallest absolute Gasteiger partial charge is 0.387 e. The van der Waals surface area contributed by atoms with E-state index in [0.717, 1.165) is 10.5 Å². The summed E-state index contributed by atoms with van der Waals surface area (Å²) in [5, 5.41) is 2.61. The number of carbonyl (C=O) groups excluding carboxylic acids is 3. The summed E-state index contributed by atoms with van der Waals surface area (Å²) in [7, 11) is 0. The lowest BCUT2D eigenvalue weighted by atomic mass is 9.92. The molecule has 0 radical (unpaired) electrons. The molecule has 0 bridgehead atoms. The van der Waals surface area contributed by atoms with E-state index in [2.05, 4.69) is 10.1 Å². The molecule has 2 aliphatic heterocycles. The van der Waals surface area contributed by atoms with Crippen molar-refractivity contribution in [3.8, 4) is 5.75 Å². The highest BCUT2D eigenvalue weighted by Crippen LogP contribution is 2.30. The molecule has 31 heavy (non-hydrogen) atoms. The number of amides is 4. The average molecular weight is 429 g/mol. The van der Waals surface area contributed by atoms with E-state index in [0.29, 0.717) is 25.1 Å². The number of urea groups is 1. The van der Waals surface area contributed by atoms with Gasteiger partial charge in [0.2, 0.25) is 5.91 Å². The molecule has 1 N–H and O–H groups in total. The zero-order chi connectivity index (χ0) is 22.2. The number of halogens is 2. The Morgan fingerprint density at radius 3 is 2.48 bits per heavy atom. The van der Waals surface area contributed by atoms with Gasteiger partial charge in [0.15, 0.2) is 0 Å². The number of fused-ring (bicyclic) bond motifs is 1. The van der Waals surface area contributed by atoms with Crippen molar-refractivity contribution in [1.82, 2.24) is 15.1 Å². The number of hydrogen-bond acceptors (Lipinski definition) is 4. The second-order valence-electron chi connectivity index (χ2n) is 7.68. The third kappa shape index (κ3) is 3.95. The average Bonchev–Trinajstić information content (AvgIpc) is 2.97. The Morgan fingerprint density at radius 2 is 1.81 bits per heavy atom. The van der Waals surface area contributed by atoms with Crippen molar-refractivity contribution in [2.75, 3.05) is 13.1 Å². The lowest BCUT2D eigenvalue weighted by Gasteiger charge is -2.30. The van der Waals surface area contributed by atoms with Crippen LogP contribution < -0.4 is 10.1 Å². The molecule has 0 spiro atoms. The summed E-state index contributed by atoms with van der Waals surface area (Å²) in [6, 6.07) is 12.6. The molecule has 0 aliphatic carbocycles. The second-order valence-corrected chi connectivity index (χ2v) is 7.68. The third-order valence-corrected chi connectivity index (χ3v) is 5.71. The second kappa shape index (κ2) is 7.98. The molecule has 1 saturated heterocycles. The van der Waals surface area contributed by atoms with Crippen LogP contribution in [0.4, 0.5) is 13.6 Å². The van der Waals surface area contributed by atoms with E-state index < -0.39 is 24.1 Å². The molecule has 1 unspecified atom stereocenters. The standard InChI is InChI=1S/C22H21F2N3O4/c1-22(16-6-8-17(9-7-16)31-20(23)24)19(29)27(21(30)25-22)13-18(28)26-11-10-14-4-2-3-5-15(14)12-26/h2-9,20H,10-13H2,1H3,(H,25,30). The van der Waals surface area contributed by atoms with Crippen LogP contribution in [0, 0.1) is 0 Å². The number of ether oxygens (including phenoxy) is 1. The fourth-order valence-electron chi connectivity index (χ4n) is 3.95. The SMILES string of the molecule is CC1(c2ccc(OC(F)F)cc2)NC(=O)N(CC(=O)N2CCc3ccccc3C2)C1=O. The maximum atomic E-state index is 13.0. The van der Waals surface area contributed by atoms with Gasteiger partial charge in [0.05, 0.1) is 0 Å². The number of alkyl halides is 2. The first-order chi connectivity index (χ1) is 14.8. The molecule has 1 atom stereocenters. The topological polar surface area (TPSA) is 79.0 Å². The Balaban J connectivity index is 1.46. The third-order valence-electron chi connectivity index (χ3n) is 5.71. The molecule has 2 heterocycles. The molecule has 2 aliphatic rings. The number of nitrogens with one attached hydrogen (secondary N) is 1. The molecule has 4 amide bonds. The van der Waals surface area contributed by atoms with Crippen molar-refractivity contribution in [2.24, 2.45) is 0 Å².